The van der Waals surface area contributed by atoms with E-state index in [-0.39, 0.29) is 53.6 Å². The number of ether oxygens (including phenoxy) is 1. The molecule has 0 spiro atoms. The molecule has 5 aromatic rings. The molecule has 0 bridgehead atoms. The molecule has 8 heteroatoms. The Kier molecular flexibility index (Phi) is 11.3. The second-order valence-electron chi connectivity index (χ2n) is 10.9. The summed E-state index contributed by atoms with van der Waals surface area (Å²) in [7, 11) is 0. The zero-order valence-corrected chi connectivity index (χ0v) is 25.3. The first kappa shape index (κ1) is 33.3. The van der Waals surface area contributed by atoms with Crippen LogP contribution >= 0.6 is 11.6 Å². The monoisotopic (exact) mass is 618 g/mol. The van der Waals surface area contributed by atoms with Gasteiger partial charge in [0.2, 0.25) is 0 Å². The summed E-state index contributed by atoms with van der Waals surface area (Å²) >= 11 is 6.27. The predicted molar refractivity (Wildman–Crippen MR) is 181 cm³/mol. The number of amides is 1. The van der Waals surface area contributed by atoms with Gasteiger partial charge in [0, 0.05) is 22.5 Å². The fourth-order valence-electron chi connectivity index (χ4n) is 5.27. The van der Waals surface area contributed by atoms with Gasteiger partial charge in [-0.05, 0) is 85.3 Å². The van der Waals surface area contributed by atoms with Crippen LogP contribution in [-0.4, -0.2) is 57.2 Å². The Bertz CT molecular complexity index is 1780. The zero-order chi connectivity index (χ0) is 30.5. The Morgan fingerprint density at radius 3 is 2.32 bits per heavy atom. The standard InChI is InChI=1S/C36H35ClN2O4.Na.H/c1-4-5-8-24-13-15-26(16-14-24)27-17-18-31-32(21-27)39(22-25-9-6-11-29(37)19-25)34(36(41)42)33(31)38-35(40)28-10-7-12-30(20-28)43-23(2)3;;/h6-7,9-21,23H,4-5,8,22H2,1-3H3,(H,38,40)(H,41,42);;. The second-order valence-corrected chi connectivity index (χ2v) is 11.4. The molecule has 0 aliphatic carbocycles. The summed E-state index contributed by atoms with van der Waals surface area (Å²) in [6, 6.07) is 28.5. The average molecular weight is 619 g/mol. The average Bonchev–Trinajstić information content (AvgIpc) is 3.28. The van der Waals surface area contributed by atoms with Gasteiger partial charge in [-0.1, -0.05) is 79.5 Å². The number of nitrogens with one attached hydrogen (secondary N) is 1. The number of halogens is 1. The number of aryl methyl sites for hydroxylation is 1. The van der Waals surface area contributed by atoms with Crippen molar-refractivity contribution < 1.29 is 19.4 Å². The molecule has 5 rings (SSSR count). The first-order valence-corrected chi connectivity index (χ1v) is 14.9. The Balaban J connectivity index is 0.00000442. The summed E-state index contributed by atoms with van der Waals surface area (Å²) < 4.78 is 7.49. The van der Waals surface area contributed by atoms with E-state index in [1.807, 2.05) is 50.2 Å². The van der Waals surface area contributed by atoms with Crippen LogP contribution in [-0.2, 0) is 13.0 Å². The van der Waals surface area contributed by atoms with Crippen molar-refractivity contribution in [1.82, 2.24) is 4.57 Å². The fourth-order valence-corrected chi connectivity index (χ4v) is 5.49. The third-order valence-corrected chi connectivity index (χ3v) is 7.54. The molecule has 0 aliphatic heterocycles. The van der Waals surface area contributed by atoms with Gasteiger partial charge in [0.1, 0.15) is 5.75 Å². The van der Waals surface area contributed by atoms with Crippen LogP contribution in [0.15, 0.2) is 91.0 Å². The zero-order valence-electron chi connectivity index (χ0n) is 24.6. The maximum atomic E-state index is 13.5. The third-order valence-electron chi connectivity index (χ3n) is 7.31. The SMILES string of the molecule is CCCCc1ccc(-c2ccc3c(NC(=O)c4cccc(OC(C)C)c4)c(C(=O)O)n(Cc4cccc(Cl)c4)c3c2)cc1.[NaH]. The first-order chi connectivity index (χ1) is 20.7. The van der Waals surface area contributed by atoms with Crippen molar-refractivity contribution in [2.75, 3.05) is 5.32 Å². The van der Waals surface area contributed by atoms with E-state index in [4.69, 9.17) is 16.3 Å². The number of anilines is 1. The van der Waals surface area contributed by atoms with Crippen LogP contribution in [0.25, 0.3) is 22.0 Å². The number of aromatic carboxylic acids is 1. The minimum atomic E-state index is -1.15. The molecule has 1 aromatic heterocycles. The topological polar surface area (TPSA) is 80.6 Å². The van der Waals surface area contributed by atoms with Gasteiger partial charge in [-0.2, -0.15) is 0 Å². The van der Waals surface area contributed by atoms with Crippen molar-refractivity contribution in [2.24, 2.45) is 0 Å². The molecular weight excluding hydrogens is 583 g/mol. The molecule has 0 atom stereocenters. The van der Waals surface area contributed by atoms with Crippen molar-refractivity contribution in [2.45, 2.75) is 52.7 Å². The van der Waals surface area contributed by atoms with Crippen molar-refractivity contribution in [3.63, 3.8) is 0 Å². The Morgan fingerprint density at radius 2 is 1.64 bits per heavy atom. The molecule has 44 heavy (non-hydrogen) atoms. The Hall–Kier alpha value is -3.55. The van der Waals surface area contributed by atoms with Crippen LogP contribution in [0.2, 0.25) is 5.02 Å². The molecule has 1 heterocycles. The first-order valence-electron chi connectivity index (χ1n) is 14.5. The van der Waals surface area contributed by atoms with Gasteiger partial charge in [-0.3, -0.25) is 4.79 Å². The van der Waals surface area contributed by atoms with E-state index in [0.29, 0.717) is 27.2 Å². The second kappa shape index (κ2) is 15.0. The van der Waals surface area contributed by atoms with Gasteiger partial charge in [-0.15, -0.1) is 0 Å². The van der Waals surface area contributed by atoms with Crippen molar-refractivity contribution in [3.8, 4) is 16.9 Å². The quantitative estimate of drug-likeness (QED) is 0.146. The number of hydrogen-bond acceptors (Lipinski definition) is 3. The molecule has 0 unspecified atom stereocenters. The molecule has 0 fully saturated rings. The van der Waals surface area contributed by atoms with E-state index in [2.05, 4.69) is 36.5 Å². The van der Waals surface area contributed by atoms with E-state index >= 15 is 0 Å². The van der Waals surface area contributed by atoms with E-state index in [1.54, 1.807) is 34.9 Å². The number of carboxylic acids is 1. The van der Waals surface area contributed by atoms with Gasteiger partial charge in [0.25, 0.3) is 5.91 Å². The van der Waals surface area contributed by atoms with Crippen LogP contribution in [0, 0.1) is 0 Å². The summed E-state index contributed by atoms with van der Waals surface area (Å²) in [4.78, 5) is 26.3. The molecule has 222 valence electrons. The van der Waals surface area contributed by atoms with Gasteiger partial charge in [-0.25, -0.2) is 4.79 Å². The van der Waals surface area contributed by atoms with E-state index < -0.39 is 11.9 Å². The Morgan fingerprint density at radius 1 is 0.909 bits per heavy atom. The van der Waals surface area contributed by atoms with Crippen LogP contribution < -0.4 is 10.1 Å². The molecular formula is C36H36ClN2NaO4. The Labute approximate surface area is 285 Å². The number of rotatable bonds is 11. The van der Waals surface area contributed by atoms with Crippen molar-refractivity contribution >= 4 is 69.6 Å². The molecule has 1 amide bonds. The summed E-state index contributed by atoms with van der Waals surface area (Å²) in [5.74, 6) is -1.01. The van der Waals surface area contributed by atoms with E-state index in [9.17, 15) is 14.7 Å². The van der Waals surface area contributed by atoms with E-state index in [1.165, 1.54) is 5.56 Å². The molecule has 0 saturated heterocycles. The normalized spacial score (nSPS) is 10.9. The third kappa shape index (κ3) is 7.74. The van der Waals surface area contributed by atoms with Crippen LogP contribution in [0.5, 0.6) is 5.75 Å². The molecule has 4 aromatic carbocycles. The summed E-state index contributed by atoms with van der Waals surface area (Å²) in [6.45, 7) is 6.26. The van der Waals surface area contributed by atoms with Crippen molar-refractivity contribution in [1.29, 1.82) is 0 Å². The fraction of sp³-hybridized carbons (Fsp3) is 0.222. The number of carbonyl (C=O) groups excluding carboxylic acids is 1. The minimum absolute atomic E-state index is 0. The van der Waals surface area contributed by atoms with Crippen LogP contribution in [0.4, 0.5) is 5.69 Å². The number of nitrogens with zero attached hydrogens (tertiary/aromatic N) is 1. The van der Waals surface area contributed by atoms with Crippen molar-refractivity contribution in [3.05, 3.63) is 118 Å². The van der Waals surface area contributed by atoms with Crippen LogP contribution in [0.3, 0.4) is 0 Å². The number of carbonyl (C=O) groups is 2. The van der Waals surface area contributed by atoms with Gasteiger partial charge in [0.15, 0.2) is 5.69 Å². The van der Waals surface area contributed by atoms with Gasteiger partial charge >= 0.3 is 35.5 Å². The summed E-state index contributed by atoms with van der Waals surface area (Å²) in [5, 5.41) is 14.6. The molecule has 6 nitrogen and oxygen atoms in total. The van der Waals surface area contributed by atoms with Gasteiger partial charge < -0.3 is 19.7 Å². The number of benzene rings is 4. The number of hydrogen-bond donors (Lipinski definition) is 2. The maximum absolute atomic E-state index is 13.5. The predicted octanol–water partition coefficient (Wildman–Crippen LogP) is 8.44. The molecule has 0 radical (unpaired) electrons. The van der Waals surface area contributed by atoms with Gasteiger partial charge in [0.05, 0.1) is 17.3 Å². The number of unbranched alkanes of at least 4 members (excludes halogenated alkanes) is 1. The molecule has 0 aliphatic rings. The number of fused-ring (bicyclic) bond motifs is 1. The molecule has 2 N–H and O–H groups in total. The van der Waals surface area contributed by atoms with Crippen LogP contribution in [0.1, 0.15) is 65.6 Å². The molecule has 0 saturated carbocycles. The summed E-state index contributed by atoms with van der Waals surface area (Å²) in [6.07, 6.45) is 3.27. The van der Waals surface area contributed by atoms with E-state index in [0.717, 1.165) is 36.0 Å². The number of carboxylic acid groups (broad SMARTS) is 1. The number of aromatic nitrogens is 1. The summed E-state index contributed by atoms with van der Waals surface area (Å²) in [5.41, 5.74) is 5.40.